The summed E-state index contributed by atoms with van der Waals surface area (Å²) < 4.78 is 5.02. The van der Waals surface area contributed by atoms with Gasteiger partial charge in [-0.1, -0.05) is 13.3 Å². The summed E-state index contributed by atoms with van der Waals surface area (Å²) in [5.41, 5.74) is 0.0914. The van der Waals surface area contributed by atoms with Crippen LogP contribution in [-0.4, -0.2) is 23.6 Å². The molecule has 5 heteroatoms. The zero-order valence-electron chi connectivity index (χ0n) is 9.67. The number of hydrogen-bond acceptors (Lipinski definition) is 4. The molecule has 88 valence electrons. The molecule has 0 spiro atoms. The first-order chi connectivity index (χ1) is 7.64. The molecule has 1 aromatic heterocycles. The number of aromatic nitrogens is 2. The van der Waals surface area contributed by atoms with Gasteiger partial charge in [-0.15, -0.1) is 0 Å². The molecule has 1 aliphatic carbocycles. The van der Waals surface area contributed by atoms with Crippen LogP contribution in [0, 0.1) is 5.41 Å². The largest absolute Gasteiger partial charge is 0.489 e. The average Bonchev–Trinajstić information content (AvgIpc) is 2.24. The number of rotatable bonds is 4. The lowest BCUT2D eigenvalue weighted by Gasteiger charge is -2.38. The summed E-state index contributed by atoms with van der Waals surface area (Å²) in [6.07, 6.45) is 5.13. The molecule has 0 aromatic carbocycles. The Kier molecular flexibility index (Phi) is 2.85. The fourth-order valence-electron chi connectivity index (χ4n) is 1.96. The molecular formula is C11H17N3O2. The second-order valence-electron chi connectivity index (χ2n) is 4.63. The van der Waals surface area contributed by atoms with Crippen LogP contribution < -0.4 is 15.6 Å². The van der Waals surface area contributed by atoms with Crippen molar-refractivity contribution in [2.45, 2.75) is 26.2 Å². The molecule has 0 atom stereocenters. The molecule has 1 heterocycles. The van der Waals surface area contributed by atoms with Crippen molar-refractivity contribution in [2.75, 3.05) is 19.0 Å². The zero-order valence-corrected chi connectivity index (χ0v) is 9.67. The van der Waals surface area contributed by atoms with Crippen LogP contribution in [0.3, 0.4) is 0 Å². The van der Waals surface area contributed by atoms with Crippen molar-refractivity contribution in [1.82, 2.24) is 9.97 Å². The Hall–Kier alpha value is -1.52. The molecule has 0 unspecified atom stereocenters. The maximum atomic E-state index is 11.4. The van der Waals surface area contributed by atoms with E-state index in [1.165, 1.54) is 32.7 Å². The van der Waals surface area contributed by atoms with E-state index in [1.807, 2.05) is 0 Å². The van der Waals surface area contributed by atoms with Gasteiger partial charge in [0.05, 0.1) is 13.4 Å². The number of H-pyrrole nitrogens is 1. The minimum atomic E-state index is -0.251. The van der Waals surface area contributed by atoms with E-state index < -0.39 is 0 Å². The van der Waals surface area contributed by atoms with E-state index in [1.54, 1.807) is 0 Å². The maximum Gasteiger partial charge on any atom is 0.295 e. The van der Waals surface area contributed by atoms with E-state index in [0.717, 1.165) is 6.54 Å². The van der Waals surface area contributed by atoms with E-state index >= 15 is 0 Å². The number of anilines is 1. The van der Waals surface area contributed by atoms with Crippen LogP contribution in [0.2, 0.25) is 0 Å². The number of methoxy groups -OCH3 is 1. The molecule has 0 aliphatic heterocycles. The fraction of sp³-hybridized carbons (Fsp3) is 0.636. The van der Waals surface area contributed by atoms with Crippen molar-refractivity contribution in [3.05, 3.63) is 16.7 Å². The van der Waals surface area contributed by atoms with Crippen molar-refractivity contribution in [2.24, 2.45) is 5.41 Å². The van der Waals surface area contributed by atoms with E-state index in [2.05, 4.69) is 22.2 Å². The number of hydrogen-bond donors (Lipinski definition) is 2. The second-order valence-corrected chi connectivity index (χ2v) is 4.63. The lowest BCUT2D eigenvalue weighted by atomic mass is 9.70. The lowest BCUT2D eigenvalue weighted by Crippen LogP contribution is -2.33. The predicted octanol–water partition coefficient (Wildman–Crippen LogP) is 1.38. The minimum absolute atomic E-state index is 0.251. The molecule has 2 rings (SSSR count). The van der Waals surface area contributed by atoms with Gasteiger partial charge in [0.15, 0.2) is 5.82 Å². The molecule has 16 heavy (non-hydrogen) atoms. The highest BCUT2D eigenvalue weighted by atomic mass is 16.5. The molecule has 2 N–H and O–H groups in total. The SMILES string of the molecule is COc1c(NCC2(C)CCC2)nc[nH]c1=O. The molecule has 0 bridgehead atoms. The third-order valence-electron chi connectivity index (χ3n) is 3.26. The molecule has 0 radical (unpaired) electrons. The number of ether oxygens (including phenoxy) is 1. The summed E-state index contributed by atoms with van der Waals surface area (Å²) in [6.45, 7) is 3.07. The van der Waals surface area contributed by atoms with E-state index in [9.17, 15) is 4.79 Å². The van der Waals surface area contributed by atoms with Gasteiger partial charge in [-0.3, -0.25) is 4.79 Å². The van der Waals surface area contributed by atoms with Crippen molar-refractivity contribution in [3.8, 4) is 5.75 Å². The summed E-state index contributed by atoms with van der Waals surface area (Å²) >= 11 is 0. The number of aromatic amines is 1. The Balaban J connectivity index is 2.09. The monoisotopic (exact) mass is 223 g/mol. The topological polar surface area (TPSA) is 67.0 Å². The number of nitrogens with one attached hydrogen (secondary N) is 2. The van der Waals surface area contributed by atoms with Crippen molar-refractivity contribution in [1.29, 1.82) is 0 Å². The number of nitrogens with zero attached hydrogens (tertiary/aromatic N) is 1. The molecule has 1 aromatic rings. The van der Waals surface area contributed by atoms with Crippen LogP contribution >= 0.6 is 0 Å². The third kappa shape index (κ3) is 2.03. The van der Waals surface area contributed by atoms with Gasteiger partial charge in [-0.25, -0.2) is 4.98 Å². The van der Waals surface area contributed by atoms with Gasteiger partial charge in [0.1, 0.15) is 0 Å². The van der Waals surface area contributed by atoms with Crippen LogP contribution in [-0.2, 0) is 0 Å². The first-order valence-corrected chi connectivity index (χ1v) is 5.50. The summed E-state index contributed by atoms with van der Waals surface area (Å²) in [6, 6.07) is 0. The Labute approximate surface area is 94.2 Å². The fourth-order valence-corrected chi connectivity index (χ4v) is 1.96. The molecule has 1 aliphatic rings. The van der Waals surface area contributed by atoms with Crippen molar-refractivity contribution >= 4 is 5.82 Å². The van der Waals surface area contributed by atoms with E-state index in [4.69, 9.17) is 4.74 Å². The van der Waals surface area contributed by atoms with Gasteiger partial charge in [0.2, 0.25) is 5.75 Å². The highest BCUT2D eigenvalue weighted by Gasteiger charge is 2.31. The first-order valence-electron chi connectivity index (χ1n) is 5.50. The van der Waals surface area contributed by atoms with Gasteiger partial charge in [-0.2, -0.15) is 0 Å². The lowest BCUT2D eigenvalue weighted by molar-refractivity contribution is 0.179. The van der Waals surface area contributed by atoms with Crippen LogP contribution in [0.5, 0.6) is 5.75 Å². The van der Waals surface area contributed by atoms with E-state index in [-0.39, 0.29) is 11.3 Å². The Bertz CT molecular complexity index is 423. The van der Waals surface area contributed by atoms with Gasteiger partial charge >= 0.3 is 0 Å². The Morgan fingerprint density at radius 2 is 2.38 bits per heavy atom. The first kappa shape index (κ1) is 11.0. The van der Waals surface area contributed by atoms with Crippen molar-refractivity contribution < 1.29 is 4.74 Å². The van der Waals surface area contributed by atoms with Crippen molar-refractivity contribution in [3.63, 3.8) is 0 Å². The molecule has 1 fully saturated rings. The standard InChI is InChI=1S/C11H17N3O2/c1-11(4-3-5-11)6-12-9-8(16-2)10(15)14-7-13-9/h7H,3-6H2,1-2H3,(H2,12,13,14,15). The van der Waals surface area contributed by atoms with Crippen LogP contribution in [0.1, 0.15) is 26.2 Å². The maximum absolute atomic E-state index is 11.4. The van der Waals surface area contributed by atoms with Gasteiger partial charge < -0.3 is 15.0 Å². The Morgan fingerprint density at radius 3 is 2.94 bits per heavy atom. The summed E-state index contributed by atoms with van der Waals surface area (Å²) in [7, 11) is 1.47. The van der Waals surface area contributed by atoms with E-state index in [0.29, 0.717) is 11.2 Å². The molecule has 5 nitrogen and oxygen atoms in total. The van der Waals surface area contributed by atoms with Gasteiger partial charge in [0, 0.05) is 6.54 Å². The van der Waals surface area contributed by atoms with Crippen LogP contribution in [0.4, 0.5) is 5.82 Å². The average molecular weight is 223 g/mol. The smallest absolute Gasteiger partial charge is 0.295 e. The minimum Gasteiger partial charge on any atom is -0.489 e. The zero-order chi connectivity index (χ0) is 11.6. The predicted molar refractivity (Wildman–Crippen MR) is 61.9 cm³/mol. The van der Waals surface area contributed by atoms with Crippen LogP contribution in [0.25, 0.3) is 0 Å². The third-order valence-corrected chi connectivity index (χ3v) is 3.26. The quantitative estimate of drug-likeness (QED) is 0.809. The van der Waals surface area contributed by atoms with Crippen LogP contribution in [0.15, 0.2) is 11.1 Å². The highest BCUT2D eigenvalue weighted by Crippen LogP contribution is 2.40. The molecule has 0 saturated heterocycles. The molecule has 0 amide bonds. The highest BCUT2D eigenvalue weighted by molar-refractivity contribution is 5.47. The van der Waals surface area contributed by atoms with Gasteiger partial charge in [0.25, 0.3) is 5.56 Å². The molecule has 1 saturated carbocycles. The summed E-state index contributed by atoms with van der Waals surface area (Å²) in [4.78, 5) is 18.0. The summed E-state index contributed by atoms with van der Waals surface area (Å²) in [5.74, 6) is 0.782. The molecular weight excluding hydrogens is 206 g/mol. The normalized spacial score (nSPS) is 17.6. The Morgan fingerprint density at radius 1 is 1.62 bits per heavy atom. The summed E-state index contributed by atoms with van der Waals surface area (Å²) in [5, 5.41) is 3.19. The second kappa shape index (κ2) is 4.15. The van der Waals surface area contributed by atoms with Gasteiger partial charge in [-0.05, 0) is 18.3 Å².